The number of hydrogen-bond acceptors (Lipinski definition) is 6. The number of ketones is 3. The molecule has 0 amide bonds. The van der Waals surface area contributed by atoms with Gasteiger partial charge >= 0.3 is 21.7 Å². The average molecular weight is 345 g/mol. The zero-order valence-corrected chi connectivity index (χ0v) is 14.8. The number of hydrogen-bond donors (Lipinski definition) is 0. The van der Waals surface area contributed by atoms with Crippen LogP contribution in [0.1, 0.15) is 40.0 Å². The molecule has 0 fully saturated rings. The molecule has 0 aromatic rings. The molecule has 6 nitrogen and oxygen atoms in total. The second-order valence-corrected chi connectivity index (χ2v) is 4.25. The standard InChI is InChI=1S/3C5H8O2.Ti/c3*1-4(6)3-5(2)7;/h3*6H,1,3H2,2H3;/q;;;+3/p-3. The Kier molecular flexibility index (Phi) is 22.5. The van der Waals surface area contributed by atoms with Crippen molar-refractivity contribution < 1.29 is 51.4 Å². The fraction of sp³-hybridized carbons (Fsp3) is 0.400. The molecule has 0 unspecified atom stereocenters. The normalized spacial score (nSPS) is 7.77. The Balaban J connectivity index is -0.000000108. The van der Waals surface area contributed by atoms with Crippen LogP contribution in [0.25, 0.3) is 0 Å². The average Bonchev–Trinajstić information content (AvgIpc) is 2.10. The summed E-state index contributed by atoms with van der Waals surface area (Å²) < 4.78 is 0. The smallest absolute Gasteiger partial charge is 0.876 e. The Bertz CT molecular complexity index is 314. The third-order valence-corrected chi connectivity index (χ3v) is 1.34. The molecule has 0 N–H and O–H groups in total. The van der Waals surface area contributed by atoms with Crippen LogP contribution in [0.2, 0.25) is 0 Å². The zero-order valence-electron chi connectivity index (χ0n) is 13.2. The molecule has 0 aliphatic carbocycles. The molecular weight excluding hydrogens is 324 g/mol. The summed E-state index contributed by atoms with van der Waals surface area (Å²) in [6, 6.07) is 0. The van der Waals surface area contributed by atoms with Crippen molar-refractivity contribution in [1.29, 1.82) is 0 Å². The fourth-order valence-electron chi connectivity index (χ4n) is 0.833. The van der Waals surface area contributed by atoms with Crippen LogP contribution in [-0.4, -0.2) is 17.3 Å². The van der Waals surface area contributed by atoms with Crippen LogP contribution in [-0.2, 0) is 36.1 Å². The van der Waals surface area contributed by atoms with Gasteiger partial charge in [-0.05, 0) is 20.8 Å². The third kappa shape index (κ3) is 51.6. The first-order valence-electron chi connectivity index (χ1n) is 5.91. The zero-order chi connectivity index (χ0) is 17.6. The molecule has 22 heavy (non-hydrogen) atoms. The monoisotopic (exact) mass is 345 g/mol. The Morgan fingerprint density at radius 3 is 0.773 bits per heavy atom. The van der Waals surface area contributed by atoms with E-state index in [1.54, 1.807) is 0 Å². The van der Waals surface area contributed by atoms with E-state index >= 15 is 0 Å². The molecule has 0 aliphatic heterocycles. The Labute approximate surface area is 146 Å². The quantitative estimate of drug-likeness (QED) is 0.473. The molecule has 0 rings (SSSR count). The van der Waals surface area contributed by atoms with E-state index in [0.29, 0.717) is 0 Å². The van der Waals surface area contributed by atoms with E-state index in [4.69, 9.17) is 0 Å². The molecule has 0 heterocycles. The van der Waals surface area contributed by atoms with Crippen LogP contribution in [0.4, 0.5) is 0 Å². The van der Waals surface area contributed by atoms with Crippen molar-refractivity contribution in [2.24, 2.45) is 0 Å². The van der Waals surface area contributed by atoms with Crippen LogP contribution >= 0.6 is 0 Å². The minimum absolute atomic E-state index is 0. The molecule has 0 aromatic carbocycles. The van der Waals surface area contributed by atoms with Crippen molar-refractivity contribution in [2.75, 3.05) is 0 Å². The summed E-state index contributed by atoms with van der Waals surface area (Å²) in [6.07, 6.45) is -0.0833. The van der Waals surface area contributed by atoms with E-state index in [-0.39, 0.29) is 75.6 Å². The molecule has 0 atom stereocenters. The minimum Gasteiger partial charge on any atom is -0.876 e. The third-order valence-electron chi connectivity index (χ3n) is 1.34. The molecule has 0 bridgehead atoms. The summed E-state index contributed by atoms with van der Waals surface area (Å²) in [5, 5.41) is 29.8. The molecule has 0 saturated heterocycles. The summed E-state index contributed by atoms with van der Waals surface area (Å²) in [6.45, 7) is 13.1. The summed E-state index contributed by atoms with van der Waals surface area (Å²) in [5.41, 5.74) is 0. The first-order valence-corrected chi connectivity index (χ1v) is 5.91. The molecule has 0 aromatic heterocycles. The molecule has 7 heteroatoms. The van der Waals surface area contributed by atoms with Gasteiger partial charge in [-0.15, -0.1) is 37.0 Å². The van der Waals surface area contributed by atoms with E-state index in [1.807, 2.05) is 0 Å². The van der Waals surface area contributed by atoms with Gasteiger partial charge in [0.1, 0.15) is 17.3 Å². The number of carbonyl (C=O) groups is 3. The van der Waals surface area contributed by atoms with Crippen molar-refractivity contribution >= 4 is 17.3 Å². The molecule has 0 spiro atoms. The second kappa shape index (κ2) is 17.4. The van der Waals surface area contributed by atoms with Crippen molar-refractivity contribution in [3.63, 3.8) is 0 Å². The van der Waals surface area contributed by atoms with Crippen LogP contribution in [0.3, 0.4) is 0 Å². The van der Waals surface area contributed by atoms with Crippen molar-refractivity contribution in [3.05, 3.63) is 37.0 Å². The Hall–Kier alpha value is -1.66. The van der Waals surface area contributed by atoms with Gasteiger partial charge in [0.05, 0.1) is 0 Å². The van der Waals surface area contributed by atoms with Crippen molar-refractivity contribution in [1.82, 2.24) is 0 Å². The second-order valence-electron chi connectivity index (χ2n) is 4.25. The Morgan fingerprint density at radius 1 is 0.636 bits per heavy atom. The van der Waals surface area contributed by atoms with E-state index < -0.39 is 0 Å². The Morgan fingerprint density at radius 2 is 0.773 bits per heavy atom. The SMILES string of the molecule is C=C([O-])CC(C)=O.C=C([O-])CC(C)=O.C=C([O-])CC(C)=O.[Ti+3]. The minimum atomic E-state index is -0.312. The van der Waals surface area contributed by atoms with Gasteiger partial charge in [0.2, 0.25) is 0 Å². The molecule has 121 valence electrons. The van der Waals surface area contributed by atoms with Gasteiger partial charge in [-0.3, -0.25) is 14.4 Å². The summed E-state index contributed by atoms with van der Waals surface area (Å²) in [7, 11) is 0. The topological polar surface area (TPSA) is 120 Å². The van der Waals surface area contributed by atoms with Gasteiger partial charge in [0.15, 0.2) is 0 Å². The number of Topliss-reactive ketones (excluding diaryl/α,β-unsaturated/α-hetero) is 3. The predicted octanol–water partition coefficient (Wildman–Crippen LogP) is -0.484. The number of rotatable bonds is 6. The van der Waals surface area contributed by atoms with Crippen LogP contribution in [0, 0.1) is 0 Å². The fourth-order valence-corrected chi connectivity index (χ4v) is 0.833. The van der Waals surface area contributed by atoms with Gasteiger partial charge in [-0.1, -0.05) is 0 Å². The van der Waals surface area contributed by atoms with Gasteiger partial charge in [0.25, 0.3) is 0 Å². The number of allylic oxidation sites excluding steroid dienone is 3. The maximum absolute atomic E-state index is 9.99. The molecule has 0 aliphatic rings. The predicted molar refractivity (Wildman–Crippen MR) is 73.3 cm³/mol. The maximum Gasteiger partial charge on any atom is 3.00 e. The van der Waals surface area contributed by atoms with E-state index in [2.05, 4.69) is 19.7 Å². The van der Waals surface area contributed by atoms with Crippen LogP contribution in [0.5, 0.6) is 0 Å². The molecular formula is C15H21O6Ti. The summed E-state index contributed by atoms with van der Waals surface area (Å²) in [5.74, 6) is -1.31. The first kappa shape index (κ1) is 28.5. The first-order chi connectivity index (χ1) is 9.38. The van der Waals surface area contributed by atoms with Gasteiger partial charge in [-0.25, -0.2) is 0 Å². The van der Waals surface area contributed by atoms with Crippen molar-refractivity contribution in [3.8, 4) is 0 Å². The van der Waals surface area contributed by atoms with E-state index in [1.165, 1.54) is 20.8 Å². The van der Waals surface area contributed by atoms with Crippen LogP contribution in [0.15, 0.2) is 37.0 Å². The number of carbonyl (C=O) groups excluding carboxylic acids is 3. The summed E-state index contributed by atoms with van der Waals surface area (Å²) in [4.78, 5) is 30.0. The molecule has 0 saturated carbocycles. The van der Waals surface area contributed by atoms with E-state index in [9.17, 15) is 29.7 Å². The van der Waals surface area contributed by atoms with Gasteiger partial charge < -0.3 is 15.3 Å². The van der Waals surface area contributed by atoms with Gasteiger partial charge in [0, 0.05) is 19.3 Å². The molecule has 1 radical (unpaired) electrons. The van der Waals surface area contributed by atoms with Gasteiger partial charge in [-0.2, -0.15) is 0 Å². The van der Waals surface area contributed by atoms with E-state index in [0.717, 1.165) is 0 Å². The maximum atomic E-state index is 9.99. The van der Waals surface area contributed by atoms with Crippen LogP contribution < -0.4 is 15.3 Å². The largest absolute Gasteiger partial charge is 3.00 e. The summed E-state index contributed by atoms with van der Waals surface area (Å²) >= 11 is 0. The van der Waals surface area contributed by atoms with Crippen molar-refractivity contribution in [2.45, 2.75) is 40.0 Å².